The third kappa shape index (κ3) is 5.03. The van der Waals surface area contributed by atoms with Crippen LogP contribution in [0.2, 0.25) is 0 Å². The molecule has 0 saturated carbocycles. The first-order chi connectivity index (χ1) is 18.0. The molecular weight excluding hydrogens is 550 g/mol. The predicted molar refractivity (Wildman–Crippen MR) is 151 cm³/mol. The van der Waals surface area contributed by atoms with Gasteiger partial charge in [0.2, 0.25) is 0 Å². The van der Waals surface area contributed by atoms with Crippen molar-refractivity contribution in [1.82, 2.24) is 9.97 Å². The molecule has 6 nitrogen and oxygen atoms in total. The van der Waals surface area contributed by atoms with Crippen LogP contribution in [0.3, 0.4) is 0 Å². The standard InChI is InChI=1S/C29H22BrN3O3S/c1-3-17-4-6-19(7-5-17)25-15-22(21-14-20(30)8-9-24(21)32-25)27(34)33-28-26(29(35)36-2)23(16-37-28)18-10-12-31-13-11-18/h4-16H,3H2,1-2H3,(H,33,34). The maximum Gasteiger partial charge on any atom is 0.341 e. The molecule has 1 amide bonds. The molecule has 3 aromatic heterocycles. The minimum absolute atomic E-state index is 0.307. The van der Waals surface area contributed by atoms with Gasteiger partial charge in [-0.1, -0.05) is 47.1 Å². The van der Waals surface area contributed by atoms with Gasteiger partial charge in [0.1, 0.15) is 10.6 Å². The quantitative estimate of drug-likeness (QED) is 0.215. The topological polar surface area (TPSA) is 81.2 Å². The Morgan fingerprint density at radius 1 is 1.00 bits per heavy atom. The summed E-state index contributed by atoms with van der Waals surface area (Å²) in [5.74, 6) is -0.868. The van der Waals surface area contributed by atoms with Gasteiger partial charge >= 0.3 is 5.97 Å². The van der Waals surface area contributed by atoms with E-state index in [-0.39, 0.29) is 5.91 Å². The highest BCUT2D eigenvalue weighted by Gasteiger charge is 2.24. The number of pyridine rings is 2. The number of rotatable bonds is 6. The molecule has 8 heteroatoms. The largest absolute Gasteiger partial charge is 0.465 e. The first-order valence-corrected chi connectivity index (χ1v) is 13.3. The second-order valence-electron chi connectivity index (χ2n) is 8.30. The van der Waals surface area contributed by atoms with Gasteiger partial charge in [0.05, 0.1) is 23.9 Å². The smallest absolute Gasteiger partial charge is 0.341 e. The average molecular weight is 572 g/mol. The third-order valence-electron chi connectivity index (χ3n) is 6.07. The lowest BCUT2D eigenvalue weighted by Gasteiger charge is -2.12. The van der Waals surface area contributed by atoms with Crippen molar-refractivity contribution < 1.29 is 14.3 Å². The van der Waals surface area contributed by atoms with Crippen LogP contribution in [0.5, 0.6) is 0 Å². The van der Waals surface area contributed by atoms with E-state index in [0.29, 0.717) is 38.3 Å². The van der Waals surface area contributed by atoms with Crippen molar-refractivity contribution in [3.63, 3.8) is 0 Å². The van der Waals surface area contributed by atoms with Gasteiger partial charge in [-0.25, -0.2) is 9.78 Å². The fraction of sp³-hybridized carbons (Fsp3) is 0.103. The van der Waals surface area contributed by atoms with Crippen LogP contribution in [0.25, 0.3) is 33.3 Å². The summed E-state index contributed by atoms with van der Waals surface area (Å²) < 4.78 is 5.89. The van der Waals surface area contributed by atoms with Crippen LogP contribution in [0.1, 0.15) is 33.2 Å². The molecule has 0 aliphatic heterocycles. The van der Waals surface area contributed by atoms with Crippen molar-refractivity contribution in [2.75, 3.05) is 12.4 Å². The molecule has 0 radical (unpaired) electrons. The van der Waals surface area contributed by atoms with Gasteiger partial charge in [-0.05, 0) is 53.9 Å². The number of ether oxygens (including phenoxy) is 1. The molecule has 0 saturated heterocycles. The van der Waals surface area contributed by atoms with Gasteiger partial charge in [0, 0.05) is 38.8 Å². The second kappa shape index (κ2) is 10.6. The van der Waals surface area contributed by atoms with E-state index in [1.807, 2.05) is 47.8 Å². The maximum atomic E-state index is 13.7. The Morgan fingerprint density at radius 3 is 2.46 bits per heavy atom. The second-order valence-corrected chi connectivity index (χ2v) is 10.1. The number of amides is 1. The molecule has 0 aliphatic rings. The van der Waals surface area contributed by atoms with Gasteiger partial charge in [0.15, 0.2) is 0 Å². The van der Waals surface area contributed by atoms with Crippen molar-refractivity contribution in [3.05, 3.63) is 99.6 Å². The highest BCUT2D eigenvalue weighted by Crippen LogP contribution is 2.37. The number of carbonyl (C=O) groups is 2. The summed E-state index contributed by atoms with van der Waals surface area (Å²) in [5, 5.41) is 5.91. The van der Waals surface area contributed by atoms with Gasteiger partial charge in [0.25, 0.3) is 5.91 Å². The molecule has 5 rings (SSSR count). The number of nitrogens with zero attached hydrogens (tertiary/aromatic N) is 2. The molecule has 2 aromatic carbocycles. The summed E-state index contributed by atoms with van der Waals surface area (Å²) in [4.78, 5) is 35.3. The van der Waals surface area contributed by atoms with E-state index in [1.54, 1.807) is 18.5 Å². The number of fused-ring (bicyclic) bond motifs is 1. The summed E-state index contributed by atoms with van der Waals surface area (Å²) in [6.45, 7) is 2.11. The maximum absolute atomic E-state index is 13.7. The van der Waals surface area contributed by atoms with Crippen LogP contribution in [0.15, 0.2) is 82.9 Å². The number of nitrogens with one attached hydrogen (secondary N) is 1. The highest BCUT2D eigenvalue weighted by molar-refractivity contribution is 9.10. The van der Waals surface area contributed by atoms with E-state index in [2.05, 4.69) is 45.3 Å². The highest BCUT2D eigenvalue weighted by atomic mass is 79.9. The average Bonchev–Trinajstić information content (AvgIpc) is 3.36. The number of anilines is 1. The molecule has 184 valence electrons. The van der Waals surface area contributed by atoms with Crippen LogP contribution in [0.4, 0.5) is 5.00 Å². The molecule has 3 heterocycles. The Kier molecular flexibility index (Phi) is 7.12. The third-order valence-corrected chi connectivity index (χ3v) is 7.46. The Morgan fingerprint density at radius 2 is 1.76 bits per heavy atom. The normalized spacial score (nSPS) is 10.9. The monoisotopic (exact) mass is 571 g/mol. The lowest BCUT2D eigenvalue weighted by Crippen LogP contribution is -2.15. The first-order valence-electron chi connectivity index (χ1n) is 11.6. The molecule has 37 heavy (non-hydrogen) atoms. The van der Waals surface area contributed by atoms with E-state index in [0.717, 1.165) is 22.0 Å². The zero-order valence-corrected chi connectivity index (χ0v) is 22.5. The molecular formula is C29H22BrN3O3S. The molecule has 0 fully saturated rings. The molecule has 0 aliphatic carbocycles. The van der Waals surface area contributed by atoms with E-state index in [9.17, 15) is 9.59 Å². The lowest BCUT2D eigenvalue weighted by molar-refractivity contribution is 0.0603. The molecule has 0 spiro atoms. The van der Waals surface area contributed by atoms with Crippen LogP contribution in [-0.4, -0.2) is 29.0 Å². The van der Waals surface area contributed by atoms with Gasteiger partial charge in [-0.3, -0.25) is 9.78 Å². The summed E-state index contributed by atoms with van der Waals surface area (Å²) in [6.07, 6.45) is 4.25. The first kappa shape index (κ1) is 24.8. The van der Waals surface area contributed by atoms with E-state index in [1.165, 1.54) is 24.0 Å². The van der Waals surface area contributed by atoms with Gasteiger partial charge in [-0.15, -0.1) is 11.3 Å². The Bertz CT molecular complexity index is 1620. The molecule has 5 aromatic rings. The number of aromatic nitrogens is 2. The van der Waals surface area contributed by atoms with Crippen molar-refractivity contribution in [1.29, 1.82) is 0 Å². The molecule has 0 atom stereocenters. The zero-order valence-electron chi connectivity index (χ0n) is 20.1. The van der Waals surface area contributed by atoms with Crippen molar-refractivity contribution in [2.24, 2.45) is 0 Å². The Balaban J connectivity index is 1.59. The van der Waals surface area contributed by atoms with Gasteiger partial charge < -0.3 is 10.1 Å². The fourth-order valence-corrected chi connectivity index (χ4v) is 5.43. The fourth-order valence-electron chi connectivity index (χ4n) is 4.11. The van der Waals surface area contributed by atoms with E-state index >= 15 is 0 Å². The van der Waals surface area contributed by atoms with Crippen LogP contribution in [0, 0.1) is 0 Å². The lowest BCUT2D eigenvalue weighted by atomic mass is 10.0. The van der Waals surface area contributed by atoms with Crippen LogP contribution >= 0.6 is 27.3 Å². The number of methoxy groups -OCH3 is 1. The molecule has 0 bridgehead atoms. The van der Waals surface area contributed by atoms with Gasteiger partial charge in [-0.2, -0.15) is 0 Å². The van der Waals surface area contributed by atoms with Crippen LogP contribution < -0.4 is 5.32 Å². The number of halogens is 1. The number of benzene rings is 2. The number of carbonyl (C=O) groups excluding carboxylic acids is 2. The number of hydrogen-bond acceptors (Lipinski definition) is 6. The zero-order chi connectivity index (χ0) is 25.9. The van der Waals surface area contributed by atoms with Crippen molar-refractivity contribution in [3.8, 4) is 22.4 Å². The summed E-state index contributed by atoms with van der Waals surface area (Å²) in [6, 6.07) is 19.2. The van der Waals surface area contributed by atoms with Crippen molar-refractivity contribution >= 4 is 55.0 Å². The Hall–Kier alpha value is -3.88. The van der Waals surface area contributed by atoms with Crippen molar-refractivity contribution in [2.45, 2.75) is 13.3 Å². The van der Waals surface area contributed by atoms with E-state index < -0.39 is 5.97 Å². The minimum atomic E-state index is -0.526. The SMILES string of the molecule is CCc1ccc(-c2cc(C(=O)Nc3scc(-c4ccncc4)c3C(=O)OC)c3cc(Br)ccc3n2)cc1. The number of aryl methyl sites for hydroxylation is 1. The number of hydrogen-bond donors (Lipinski definition) is 1. The summed E-state index contributed by atoms with van der Waals surface area (Å²) >= 11 is 4.78. The minimum Gasteiger partial charge on any atom is -0.465 e. The molecule has 0 unspecified atom stereocenters. The number of thiophene rings is 1. The predicted octanol–water partition coefficient (Wildman–Crippen LogP) is 7.39. The summed E-state index contributed by atoms with van der Waals surface area (Å²) in [7, 11) is 1.33. The van der Waals surface area contributed by atoms with Crippen LogP contribution in [-0.2, 0) is 11.2 Å². The molecule has 1 N–H and O–H groups in total. The number of esters is 1. The van der Waals surface area contributed by atoms with E-state index in [4.69, 9.17) is 9.72 Å². The Labute approximate surface area is 226 Å². The summed E-state index contributed by atoms with van der Waals surface area (Å²) in [5.41, 5.74) is 5.78.